The van der Waals surface area contributed by atoms with Crippen molar-refractivity contribution < 1.29 is 0 Å². The molecular weight excluding hydrogens is 378 g/mol. The third-order valence-corrected chi connectivity index (χ3v) is 4.75. The molecule has 4 aromatic rings. The highest BCUT2D eigenvalue weighted by atomic mass is 32.1. The van der Waals surface area contributed by atoms with E-state index in [1.807, 2.05) is 73.7 Å². The Labute approximate surface area is 174 Å². The first-order chi connectivity index (χ1) is 14.1. The summed E-state index contributed by atoms with van der Waals surface area (Å²) in [7, 11) is 0. The first kappa shape index (κ1) is 18.7. The van der Waals surface area contributed by atoms with Gasteiger partial charge >= 0.3 is 0 Å². The Morgan fingerprint density at radius 2 is 1.86 bits per heavy atom. The number of rotatable bonds is 4. The number of benzene rings is 3. The third kappa shape index (κ3) is 4.28. The Bertz CT molecular complexity index is 1210. The summed E-state index contributed by atoms with van der Waals surface area (Å²) in [6.45, 7) is 2.04. The average molecular weight is 400 g/mol. The smallest absolute Gasteiger partial charge is 0.191 e. The standard InChI is InChI=1S/C23H21N5S/c1-15-6-4-9-18(12-15)26-23(29)28-25-14-20-19-10-2-3-11-21(19)27-22(20)16-7-5-8-17(24)13-16/h2-14,27H,24H2,1H3,(H2,26,28,29)/b25-14+. The van der Waals surface area contributed by atoms with Crippen LogP contribution < -0.4 is 16.5 Å². The zero-order valence-electron chi connectivity index (χ0n) is 15.9. The van der Waals surface area contributed by atoms with Crippen LogP contribution in [0.1, 0.15) is 11.1 Å². The highest BCUT2D eigenvalue weighted by molar-refractivity contribution is 7.80. The molecule has 0 aliphatic heterocycles. The summed E-state index contributed by atoms with van der Waals surface area (Å²) in [6, 6.07) is 23.9. The van der Waals surface area contributed by atoms with Gasteiger partial charge in [0.05, 0.1) is 11.9 Å². The molecule has 0 atom stereocenters. The summed E-state index contributed by atoms with van der Waals surface area (Å²) < 4.78 is 0. The second-order valence-electron chi connectivity index (χ2n) is 6.78. The van der Waals surface area contributed by atoms with Crippen LogP contribution in [0, 0.1) is 6.92 Å². The molecule has 0 saturated carbocycles. The minimum absolute atomic E-state index is 0.428. The van der Waals surface area contributed by atoms with E-state index >= 15 is 0 Å². The topological polar surface area (TPSA) is 78.2 Å². The van der Waals surface area contributed by atoms with E-state index in [1.165, 1.54) is 0 Å². The third-order valence-electron chi connectivity index (χ3n) is 4.56. The van der Waals surface area contributed by atoms with Crippen LogP contribution in [0.4, 0.5) is 11.4 Å². The molecule has 0 fully saturated rings. The summed E-state index contributed by atoms with van der Waals surface area (Å²) in [4.78, 5) is 3.47. The van der Waals surface area contributed by atoms with Crippen LogP contribution in [0.25, 0.3) is 22.2 Å². The highest BCUT2D eigenvalue weighted by Gasteiger charge is 2.11. The molecule has 144 valence electrons. The Hall–Kier alpha value is -3.64. The number of aromatic amines is 1. The van der Waals surface area contributed by atoms with Gasteiger partial charge in [-0.15, -0.1) is 0 Å². The Morgan fingerprint density at radius 3 is 2.69 bits per heavy atom. The van der Waals surface area contributed by atoms with Gasteiger partial charge in [-0.3, -0.25) is 5.43 Å². The number of nitrogens with two attached hydrogens (primary N) is 1. The predicted molar refractivity (Wildman–Crippen MR) is 126 cm³/mol. The van der Waals surface area contributed by atoms with Crippen LogP contribution in [-0.2, 0) is 0 Å². The Morgan fingerprint density at radius 1 is 1.03 bits per heavy atom. The number of thiocarbonyl (C=S) groups is 1. The molecule has 5 N–H and O–H groups in total. The van der Waals surface area contributed by atoms with Crippen LogP contribution >= 0.6 is 12.2 Å². The highest BCUT2D eigenvalue weighted by Crippen LogP contribution is 2.30. The SMILES string of the molecule is Cc1cccc(NC(=S)N/N=C/c2c(-c3cccc(N)c3)[nH]c3ccccc23)c1. The van der Waals surface area contributed by atoms with Crippen molar-refractivity contribution in [1.29, 1.82) is 0 Å². The largest absolute Gasteiger partial charge is 0.399 e. The number of hydrazone groups is 1. The number of anilines is 2. The minimum atomic E-state index is 0.428. The van der Waals surface area contributed by atoms with Crippen molar-refractivity contribution >= 4 is 45.8 Å². The van der Waals surface area contributed by atoms with E-state index < -0.39 is 0 Å². The molecule has 0 aliphatic rings. The van der Waals surface area contributed by atoms with Crippen molar-refractivity contribution in [2.45, 2.75) is 6.92 Å². The number of fused-ring (bicyclic) bond motifs is 1. The van der Waals surface area contributed by atoms with Crippen LogP contribution in [0.2, 0.25) is 0 Å². The fourth-order valence-electron chi connectivity index (χ4n) is 3.26. The molecule has 1 aromatic heterocycles. The number of aryl methyl sites for hydroxylation is 1. The number of aromatic nitrogens is 1. The van der Waals surface area contributed by atoms with Crippen LogP contribution in [0.15, 0.2) is 77.9 Å². The lowest BCUT2D eigenvalue weighted by Crippen LogP contribution is -2.23. The molecule has 29 heavy (non-hydrogen) atoms. The molecule has 4 rings (SSSR count). The normalized spacial score (nSPS) is 11.1. The van der Waals surface area contributed by atoms with Crippen molar-refractivity contribution in [3.63, 3.8) is 0 Å². The van der Waals surface area contributed by atoms with Crippen LogP contribution in [0.3, 0.4) is 0 Å². The minimum Gasteiger partial charge on any atom is -0.399 e. The zero-order chi connectivity index (χ0) is 20.2. The number of nitrogen functional groups attached to an aromatic ring is 1. The molecule has 3 aromatic carbocycles. The van der Waals surface area contributed by atoms with Gasteiger partial charge in [0.15, 0.2) is 5.11 Å². The summed E-state index contributed by atoms with van der Waals surface area (Å²) in [5.41, 5.74) is 15.6. The second-order valence-corrected chi connectivity index (χ2v) is 7.19. The quantitative estimate of drug-likeness (QED) is 0.168. The summed E-state index contributed by atoms with van der Waals surface area (Å²) in [6.07, 6.45) is 1.78. The zero-order valence-corrected chi connectivity index (χ0v) is 16.8. The first-order valence-electron chi connectivity index (χ1n) is 9.23. The second kappa shape index (κ2) is 8.16. The van der Waals surface area contributed by atoms with Gasteiger partial charge in [-0.2, -0.15) is 5.10 Å². The monoisotopic (exact) mass is 399 g/mol. The Kier molecular flexibility index (Phi) is 5.27. The molecule has 0 radical (unpaired) electrons. The fraction of sp³-hybridized carbons (Fsp3) is 0.0435. The van der Waals surface area contributed by atoms with Crippen molar-refractivity contribution in [2.75, 3.05) is 11.1 Å². The van der Waals surface area contributed by atoms with Gasteiger partial charge in [0.2, 0.25) is 0 Å². The van der Waals surface area contributed by atoms with E-state index in [-0.39, 0.29) is 0 Å². The van der Waals surface area contributed by atoms with Crippen LogP contribution in [-0.4, -0.2) is 16.3 Å². The molecule has 5 nitrogen and oxygen atoms in total. The van der Waals surface area contributed by atoms with Gasteiger partial charge in [0, 0.05) is 33.4 Å². The first-order valence-corrected chi connectivity index (χ1v) is 9.64. The van der Waals surface area contributed by atoms with E-state index in [2.05, 4.69) is 26.9 Å². The maximum absolute atomic E-state index is 5.98. The fourth-order valence-corrected chi connectivity index (χ4v) is 3.43. The maximum Gasteiger partial charge on any atom is 0.191 e. The van der Waals surface area contributed by atoms with Gasteiger partial charge in [-0.05, 0) is 55.0 Å². The van der Waals surface area contributed by atoms with E-state index in [0.717, 1.165) is 39.0 Å². The number of H-pyrrole nitrogens is 1. The van der Waals surface area contributed by atoms with Crippen molar-refractivity contribution in [1.82, 2.24) is 10.4 Å². The van der Waals surface area contributed by atoms with Crippen molar-refractivity contribution in [3.8, 4) is 11.3 Å². The molecule has 0 aliphatic carbocycles. The van der Waals surface area contributed by atoms with E-state index in [4.69, 9.17) is 18.0 Å². The van der Waals surface area contributed by atoms with Gasteiger partial charge in [-0.25, -0.2) is 0 Å². The lowest BCUT2D eigenvalue weighted by molar-refractivity contribution is 1.05. The molecule has 6 heteroatoms. The molecule has 0 spiro atoms. The van der Waals surface area contributed by atoms with Crippen molar-refractivity contribution in [2.24, 2.45) is 5.10 Å². The van der Waals surface area contributed by atoms with Crippen molar-refractivity contribution in [3.05, 3.63) is 83.9 Å². The number of nitrogens with zero attached hydrogens (tertiary/aromatic N) is 1. The van der Waals surface area contributed by atoms with Gasteiger partial charge in [0.1, 0.15) is 0 Å². The number of nitrogens with one attached hydrogen (secondary N) is 3. The summed E-state index contributed by atoms with van der Waals surface area (Å²) in [5.74, 6) is 0. The molecule has 1 heterocycles. The molecule has 0 saturated heterocycles. The number of para-hydroxylation sites is 1. The lowest BCUT2D eigenvalue weighted by Gasteiger charge is -2.07. The van der Waals surface area contributed by atoms with Gasteiger partial charge < -0.3 is 16.0 Å². The lowest BCUT2D eigenvalue weighted by atomic mass is 10.1. The Balaban J connectivity index is 1.60. The van der Waals surface area contributed by atoms with Gasteiger partial charge in [-0.1, -0.05) is 42.5 Å². The molecule has 0 unspecified atom stereocenters. The summed E-state index contributed by atoms with van der Waals surface area (Å²) >= 11 is 5.35. The molecule has 0 amide bonds. The van der Waals surface area contributed by atoms with Crippen LogP contribution in [0.5, 0.6) is 0 Å². The van der Waals surface area contributed by atoms with Gasteiger partial charge in [0.25, 0.3) is 0 Å². The number of hydrogen-bond acceptors (Lipinski definition) is 3. The predicted octanol–water partition coefficient (Wildman–Crippen LogP) is 5.05. The maximum atomic E-state index is 5.98. The number of hydrogen-bond donors (Lipinski definition) is 4. The molecule has 0 bridgehead atoms. The average Bonchev–Trinajstić information content (AvgIpc) is 3.07. The van der Waals surface area contributed by atoms with E-state index in [0.29, 0.717) is 10.8 Å². The summed E-state index contributed by atoms with van der Waals surface area (Å²) in [5, 5.41) is 9.00. The molecular formula is C23H21N5S. The van der Waals surface area contributed by atoms with E-state index in [9.17, 15) is 0 Å². The van der Waals surface area contributed by atoms with E-state index in [1.54, 1.807) is 6.21 Å².